The largest absolute Gasteiger partial charge is 0.496 e. The van der Waals surface area contributed by atoms with Gasteiger partial charge in [-0.2, -0.15) is 0 Å². The molecule has 0 aromatic heterocycles. The molecule has 0 aliphatic rings. The van der Waals surface area contributed by atoms with Gasteiger partial charge in [0.25, 0.3) is 0 Å². The summed E-state index contributed by atoms with van der Waals surface area (Å²) in [7, 11) is 3.04. The first-order chi connectivity index (χ1) is 8.43. The minimum absolute atomic E-state index is 0.0791. The summed E-state index contributed by atoms with van der Waals surface area (Å²) < 4.78 is 10.5. The summed E-state index contributed by atoms with van der Waals surface area (Å²) in [6, 6.07) is 2.29. The summed E-state index contributed by atoms with van der Waals surface area (Å²) >= 11 is 0. The highest BCUT2D eigenvalue weighted by molar-refractivity contribution is 5.78. The average molecular weight is 253 g/mol. The summed E-state index contributed by atoms with van der Waals surface area (Å²) in [5.41, 5.74) is 6.98. The van der Waals surface area contributed by atoms with Crippen molar-refractivity contribution >= 4 is 5.97 Å². The Bertz CT molecular complexity index is 443. The first-order valence-corrected chi connectivity index (χ1v) is 5.67. The second-order valence-corrected chi connectivity index (χ2v) is 4.27. The van der Waals surface area contributed by atoms with Crippen molar-refractivity contribution < 1.29 is 19.4 Å². The predicted octanol–water partition coefficient (Wildman–Crippen LogP) is 1.91. The number of ether oxygens (including phenoxy) is 2. The Hall–Kier alpha value is -1.75. The van der Waals surface area contributed by atoms with Crippen LogP contribution in [0, 0.1) is 0 Å². The molecule has 0 amide bonds. The van der Waals surface area contributed by atoms with Gasteiger partial charge in [-0.3, -0.25) is 4.79 Å². The lowest BCUT2D eigenvalue weighted by atomic mass is 9.91. The molecule has 0 bridgehead atoms. The molecule has 18 heavy (non-hydrogen) atoms. The van der Waals surface area contributed by atoms with Crippen LogP contribution in [0.15, 0.2) is 12.1 Å². The molecule has 3 N–H and O–H groups in total. The molecular weight excluding hydrogens is 234 g/mol. The van der Waals surface area contributed by atoms with Crippen LogP contribution >= 0.6 is 0 Å². The molecular formula is C13H19NO4. The highest BCUT2D eigenvalue weighted by Gasteiger charge is 2.26. The first kappa shape index (κ1) is 14.3. The molecule has 1 aromatic rings. The molecule has 0 spiro atoms. The quantitative estimate of drug-likeness (QED) is 0.837. The van der Waals surface area contributed by atoms with Gasteiger partial charge in [-0.05, 0) is 18.1 Å². The number of methoxy groups -OCH3 is 2. The van der Waals surface area contributed by atoms with E-state index in [0.29, 0.717) is 17.1 Å². The molecule has 1 aromatic carbocycles. The lowest BCUT2D eigenvalue weighted by Crippen LogP contribution is -2.23. The second kappa shape index (κ2) is 5.73. The molecule has 1 atom stereocenters. The maximum Gasteiger partial charge on any atom is 0.325 e. The Morgan fingerprint density at radius 2 is 1.61 bits per heavy atom. The summed E-state index contributed by atoms with van der Waals surface area (Å²) in [5, 5.41) is 9.10. The van der Waals surface area contributed by atoms with E-state index in [4.69, 9.17) is 20.3 Å². The third-order valence-corrected chi connectivity index (χ3v) is 2.80. The van der Waals surface area contributed by atoms with Crippen molar-refractivity contribution in [1.82, 2.24) is 0 Å². The third-order valence-electron chi connectivity index (χ3n) is 2.80. The maximum absolute atomic E-state index is 11.1. The fraction of sp³-hybridized carbons (Fsp3) is 0.462. The molecule has 0 saturated heterocycles. The SMILES string of the molecule is COc1ccc(OC)c(C(N)C(=O)O)c1C(C)C. The summed E-state index contributed by atoms with van der Waals surface area (Å²) in [6.07, 6.45) is 0. The van der Waals surface area contributed by atoms with Crippen molar-refractivity contribution in [2.24, 2.45) is 5.73 Å². The number of nitrogens with two attached hydrogens (primary N) is 1. The number of carbonyl (C=O) groups is 1. The second-order valence-electron chi connectivity index (χ2n) is 4.27. The molecule has 0 saturated carbocycles. The topological polar surface area (TPSA) is 81.8 Å². The Morgan fingerprint density at radius 3 is 1.94 bits per heavy atom. The van der Waals surface area contributed by atoms with E-state index < -0.39 is 12.0 Å². The van der Waals surface area contributed by atoms with Gasteiger partial charge in [0.1, 0.15) is 17.5 Å². The van der Waals surface area contributed by atoms with Gasteiger partial charge < -0.3 is 20.3 Å². The lowest BCUT2D eigenvalue weighted by Gasteiger charge is -2.21. The number of hydrogen-bond acceptors (Lipinski definition) is 4. The highest BCUT2D eigenvalue weighted by atomic mass is 16.5. The number of carboxylic acid groups (broad SMARTS) is 1. The van der Waals surface area contributed by atoms with Crippen molar-refractivity contribution in [3.63, 3.8) is 0 Å². The van der Waals surface area contributed by atoms with Gasteiger partial charge in [0, 0.05) is 11.1 Å². The number of hydrogen-bond donors (Lipinski definition) is 2. The fourth-order valence-electron chi connectivity index (χ4n) is 1.99. The Balaban J connectivity index is 3.54. The zero-order chi connectivity index (χ0) is 13.9. The van der Waals surface area contributed by atoms with Gasteiger partial charge in [0.15, 0.2) is 0 Å². The Morgan fingerprint density at radius 1 is 1.17 bits per heavy atom. The van der Waals surface area contributed by atoms with Crippen LogP contribution < -0.4 is 15.2 Å². The molecule has 100 valence electrons. The van der Waals surface area contributed by atoms with Crippen molar-refractivity contribution in [3.8, 4) is 11.5 Å². The Kier molecular flexibility index (Phi) is 4.55. The van der Waals surface area contributed by atoms with Crippen molar-refractivity contribution in [3.05, 3.63) is 23.3 Å². The maximum atomic E-state index is 11.1. The summed E-state index contributed by atoms with van der Waals surface area (Å²) in [5.74, 6) is 0.0748. The lowest BCUT2D eigenvalue weighted by molar-refractivity contribution is -0.138. The van der Waals surface area contributed by atoms with Gasteiger partial charge >= 0.3 is 5.97 Å². The third kappa shape index (κ3) is 2.56. The fourth-order valence-corrected chi connectivity index (χ4v) is 1.99. The Labute approximate surface area is 107 Å². The smallest absolute Gasteiger partial charge is 0.325 e. The minimum atomic E-state index is -1.13. The standard InChI is InChI=1S/C13H19NO4/c1-7(2)10-8(17-3)5-6-9(18-4)11(10)12(14)13(15)16/h5-7,12H,14H2,1-4H3,(H,15,16). The zero-order valence-electron chi connectivity index (χ0n) is 11.1. The molecule has 1 unspecified atom stereocenters. The van der Waals surface area contributed by atoms with Crippen LogP contribution in [0.5, 0.6) is 11.5 Å². The van der Waals surface area contributed by atoms with Crippen LogP contribution in [0.4, 0.5) is 0 Å². The minimum Gasteiger partial charge on any atom is -0.496 e. The molecule has 0 heterocycles. The predicted molar refractivity (Wildman–Crippen MR) is 68.2 cm³/mol. The molecule has 0 aliphatic heterocycles. The van der Waals surface area contributed by atoms with E-state index in [0.717, 1.165) is 5.56 Å². The van der Waals surface area contributed by atoms with Crippen molar-refractivity contribution in [1.29, 1.82) is 0 Å². The zero-order valence-corrected chi connectivity index (χ0v) is 11.1. The molecule has 0 radical (unpaired) electrons. The monoisotopic (exact) mass is 253 g/mol. The number of aliphatic carboxylic acids is 1. The van der Waals surface area contributed by atoms with Crippen LogP contribution in [0.2, 0.25) is 0 Å². The van der Waals surface area contributed by atoms with Crippen molar-refractivity contribution in [2.75, 3.05) is 14.2 Å². The van der Waals surface area contributed by atoms with E-state index >= 15 is 0 Å². The van der Waals surface area contributed by atoms with Crippen LogP contribution in [-0.2, 0) is 4.79 Å². The normalized spacial score (nSPS) is 12.3. The van der Waals surface area contributed by atoms with Gasteiger partial charge in [-0.1, -0.05) is 13.8 Å². The van der Waals surface area contributed by atoms with Crippen LogP contribution in [-0.4, -0.2) is 25.3 Å². The summed E-state index contributed by atoms with van der Waals surface area (Å²) in [6.45, 7) is 3.91. The molecule has 0 fully saturated rings. The number of benzene rings is 1. The van der Waals surface area contributed by atoms with Crippen LogP contribution in [0.25, 0.3) is 0 Å². The van der Waals surface area contributed by atoms with Gasteiger partial charge in [0.05, 0.1) is 14.2 Å². The average Bonchev–Trinajstić information content (AvgIpc) is 2.35. The van der Waals surface area contributed by atoms with Crippen LogP contribution in [0.3, 0.4) is 0 Å². The number of rotatable bonds is 5. The molecule has 5 nitrogen and oxygen atoms in total. The van der Waals surface area contributed by atoms with Gasteiger partial charge in [0.2, 0.25) is 0 Å². The van der Waals surface area contributed by atoms with Crippen LogP contribution in [0.1, 0.15) is 36.9 Å². The van der Waals surface area contributed by atoms with Gasteiger partial charge in [-0.25, -0.2) is 0 Å². The van der Waals surface area contributed by atoms with E-state index in [-0.39, 0.29) is 5.92 Å². The summed E-state index contributed by atoms with van der Waals surface area (Å²) in [4.78, 5) is 11.1. The van der Waals surface area contributed by atoms with E-state index in [9.17, 15) is 4.79 Å². The molecule has 1 rings (SSSR count). The van der Waals surface area contributed by atoms with Gasteiger partial charge in [-0.15, -0.1) is 0 Å². The van der Waals surface area contributed by atoms with E-state index in [1.807, 2.05) is 13.8 Å². The molecule has 5 heteroatoms. The highest BCUT2D eigenvalue weighted by Crippen LogP contribution is 2.38. The molecule has 0 aliphatic carbocycles. The number of carboxylic acids is 1. The van der Waals surface area contributed by atoms with E-state index in [1.165, 1.54) is 7.11 Å². The van der Waals surface area contributed by atoms with E-state index in [1.54, 1.807) is 19.2 Å². The van der Waals surface area contributed by atoms with E-state index in [2.05, 4.69) is 0 Å². The van der Waals surface area contributed by atoms with Crippen molar-refractivity contribution in [2.45, 2.75) is 25.8 Å². The first-order valence-electron chi connectivity index (χ1n) is 5.67.